The molecule has 2 rings (SSSR count). The lowest BCUT2D eigenvalue weighted by Gasteiger charge is -2.04. The normalized spacial score (nSPS) is 10.7. The van der Waals surface area contributed by atoms with Crippen molar-refractivity contribution in [1.82, 2.24) is 0 Å². The van der Waals surface area contributed by atoms with Crippen LogP contribution in [0.1, 0.15) is 5.56 Å². The van der Waals surface area contributed by atoms with Crippen LogP contribution >= 0.6 is 0 Å². The molecule has 2 aromatic rings. The molecule has 0 heterocycles. The highest BCUT2D eigenvalue weighted by atomic mass is 19.1. The molecule has 3 heteroatoms. The average molecular weight is 242 g/mol. The molecule has 2 aromatic carbocycles. The molecule has 0 amide bonds. The van der Waals surface area contributed by atoms with Gasteiger partial charge in [-0.3, -0.25) is 0 Å². The summed E-state index contributed by atoms with van der Waals surface area (Å²) in [5.41, 5.74) is 1.95. The maximum Gasteiger partial charge on any atom is 0.328 e. The zero-order chi connectivity index (χ0) is 13.0. The van der Waals surface area contributed by atoms with Crippen molar-refractivity contribution in [3.63, 3.8) is 0 Å². The van der Waals surface area contributed by atoms with Gasteiger partial charge >= 0.3 is 5.97 Å². The first-order valence-electron chi connectivity index (χ1n) is 5.43. The summed E-state index contributed by atoms with van der Waals surface area (Å²) in [5.74, 6) is -1.30. The summed E-state index contributed by atoms with van der Waals surface area (Å²) in [6, 6.07) is 13.6. The highest BCUT2D eigenvalue weighted by molar-refractivity contribution is 5.85. The lowest BCUT2D eigenvalue weighted by molar-refractivity contribution is -0.131. The number of aliphatic carboxylic acids is 1. The predicted molar refractivity (Wildman–Crippen MR) is 68.5 cm³/mol. The SMILES string of the molecule is O=C(O)C=Cc1cccc(-c2ccccc2F)c1. The standard InChI is InChI=1S/C15H11FO2/c16-14-7-2-1-6-13(14)12-5-3-4-11(10-12)8-9-15(17)18/h1-10H,(H,17,18). The highest BCUT2D eigenvalue weighted by Crippen LogP contribution is 2.23. The van der Waals surface area contributed by atoms with E-state index in [9.17, 15) is 9.18 Å². The van der Waals surface area contributed by atoms with Crippen molar-refractivity contribution < 1.29 is 14.3 Å². The molecule has 1 N–H and O–H groups in total. The van der Waals surface area contributed by atoms with Gasteiger partial charge in [0.15, 0.2) is 0 Å². The molecule has 0 atom stereocenters. The minimum Gasteiger partial charge on any atom is -0.478 e. The number of carboxylic acids is 1. The van der Waals surface area contributed by atoms with Gasteiger partial charge in [0.05, 0.1) is 0 Å². The van der Waals surface area contributed by atoms with Crippen LogP contribution in [-0.2, 0) is 4.79 Å². The van der Waals surface area contributed by atoms with Crippen LogP contribution in [0.4, 0.5) is 4.39 Å². The fourth-order valence-corrected chi connectivity index (χ4v) is 1.67. The molecule has 0 saturated carbocycles. The van der Waals surface area contributed by atoms with E-state index in [4.69, 9.17) is 5.11 Å². The second-order valence-electron chi connectivity index (χ2n) is 3.78. The Morgan fingerprint density at radius 3 is 2.61 bits per heavy atom. The monoisotopic (exact) mass is 242 g/mol. The molecule has 0 aliphatic heterocycles. The van der Waals surface area contributed by atoms with Gasteiger partial charge < -0.3 is 5.11 Å². The first kappa shape index (κ1) is 12.0. The van der Waals surface area contributed by atoms with E-state index in [1.807, 2.05) is 0 Å². The van der Waals surface area contributed by atoms with E-state index in [1.165, 1.54) is 12.1 Å². The lowest BCUT2D eigenvalue weighted by Crippen LogP contribution is -1.87. The van der Waals surface area contributed by atoms with E-state index in [0.29, 0.717) is 5.56 Å². The Kier molecular flexibility index (Phi) is 3.53. The van der Waals surface area contributed by atoms with Gasteiger partial charge in [-0.1, -0.05) is 36.4 Å². The fourth-order valence-electron chi connectivity index (χ4n) is 1.67. The van der Waals surface area contributed by atoms with E-state index in [-0.39, 0.29) is 5.82 Å². The van der Waals surface area contributed by atoms with Crippen LogP contribution in [0, 0.1) is 5.82 Å². The molecule has 0 spiro atoms. The molecule has 0 fully saturated rings. The Labute approximate surface area is 104 Å². The van der Waals surface area contributed by atoms with Gasteiger partial charge in [0, 0.05) is 11.6 Å². The largest absolute Gasteiger partial charge is 0.478 e. The third-order valence-electron chi connectivity index (χ3n) is 2.49. The van der Waals surface area contributed by atoms with Crippen molar-refractivity contribution in [2.45, 2.75) is 0 Å². The second kappa shape index (κ2) is 5.27. The summed E-state index contributed by atoms with van der Waals surface area (Å²) in [6.45, 7) is 0. The summed E-state index contributed by atoms with van der Waals surface area (Å²) in [5, 5.41) is 8.56. The van der Waals surface area contributed by atoms with Crippen LogP contribution < -0.4 is 0 Å². The van der Waals surface area contributed by atoms with Gasteiger partial charge in [0.1, 0.15) is 5.82 Å². The van der Waals surface area contributed by atoms with Gasteiger partial charge in [-0.05, 0) is 29.3 Å². The number of carbonyl (C=O) groups is 1. The van der Waals surface area contributed by atoms with E-state index >= 15 is 0 Å². The third-order valence-corrected chi connectivity index (χ3v) is 2.49. The van der Waals surface area contributed by atoms with Gasteiger partial charge in [-0.2, -0.15) is 0 Å². The first-order valence-corrected chi connectivity index (χ1v) is 5.43. The Morgan fingerprint density at radius 2 is 1.89 bits per heavy atom. The van der Waals surface area contributed by atoms with Crippen LogP contribution in [0.15, 0.2) is 54.6 Å². The second-order valence-corrected chi connectivity index (χ2v) is 3.78. The van der Waals surface area contributed by atoms with Crippen LogP contribution in [0.5, 0.6) is 0 Å². The number of halogens is 1. The third kappa shape index (κ3) is 2.83. The Morgan fingerprint density at radius 1 is 1.11 bits per heavy atom. The molecule has 0 radical (unpaired) electrons. The number of hydrogen-bond acceptors (Lipinski definition) is 1. The Balaban J connectivity index is 2.39. The summed E-state index contributed by atoms with van der Waals surface area (Å²) < 4.78 is 13.6. The van der Waals surface area contributed by atoms with Crippen molar-refractivity contribution in [3.05, 3.63) is 66.0 Å². The zero-order valence-electron chi connectivity index (χ0n) is 9.51. The van der Waals surface area contributed by atoms with Gasteiger partial charge in [-0.25, -0.2) is 9.18 Å². The summed E-state index contributed by atoms with van der Waals surface area (Å²) in [4.78, 5) is 10.4. The Bertz CT molecular complexity index is 603. The van der Waals surface area contributed by atoms with Crippen molar-refractivity contribution >= 4 is 12.0 Å². The van der Waals surface area contributed by atoms with Gasteiger partial charge in [0.25, 0.3) is 0 Å². The average Bonchev–Trinajstić information content (AvgIpc) is 2.37. The van der Waals surface area contributed by atoms with Crippen LogP contribution in [0.25, 0.3) is 17.2 Å². The van der Waals surface area contributed by atoms with E-state index < -0.39 is 5.97 Å². The fraction of sp³-hybridized carbons (Fsp3) is 0. The summed E-state index contributed by atoms with van der Waals surface area (Å²) in [7, 11) is 0. The molecule has 90 valence electrons. The zero-order valence-corrected chi connectivity index (χ0v) is 9.51. The van der Waals surface area contributed by atoms with Crippen LogP contribution in [-0.4, -0.2) is 11.1 Å². The van der Waals surface area contributed by atoms with Gasteiger partial charge in [-0.15, -0.1) is 0 Å². The van der Waals surface area contributed by atoms with E-state index in [0.717, 1.165) is 17.2 Å². The van der Waals surface area contributed by atoms with Crippen molar-refractivity contribution in [1.29, 1.82) is 0 Å². The van der Waals surface area contributed by atoms with Crippen LogP contribution in [0.2, 0.25) is 0 Å². The summed E-state index contributed by atoms with van der Waals surface area (Å²) in [6.07, 6.45) is 2.53. The molecular formula is C15H11FO2. The number of carboxylic acid groups (broad SMARTS) is 1. The van der Waals surface area contributed by atoms with Gasteiger partial charge in [0.2, 0.25) is 0 Å². The van der Waals surface area contributed by atoms with Crippen LogP contribution in [0.3, 0.4) is 0 Å². The maximum absolute atomic E-state index is 13.6. The van der Waals surface area contributed by atoms with Crippen molar-refractivity contribution in [2.24, 2.45) is 0 Å². The highest BCUT2D eigenvalue weighted by Gasteiger charge is 2.03. The minimum atomic E-state index is -1.01. The molecule has 0 aliphatic carbocycles. The molecule has 0 unspecified atom stereocenters. The molecule has 0 saturated heterocycles. The molecule has 2 nitrogen and oxygen atoms in total. The predicted octanol–water partition coefficient (Wildman–Crippen LogP) is 3.59. The minimum absolute atomic E-state index is 0.295. The molecule has 0 aliphatic rings. The lowest BCUT2D eigenvalue weighted by atomic mass is 10.0. The summed E-state index contributed by atoms with van der Waals surface area (Å²) >= 11 is 0. The first-order chi connectivity index (χ1) is 8.66. The van der Waals surface area contributed by atoms with Crippen molar-refractivity contribution in [3.8, 4) is 11.1 Å². The van der Waals surface area contributed by atoms with E-state index in [2.05, 4.69) is 0 Å². The maximum atomic E-state index is 13.6. The topological polar surface area (TPSA) is 37.3 Å². The van der Waals surface area contributed by atoms with Crippen molar-refractivity contribution in [2.75, 3.05) is 0 Å². The quantitative estimate of drug-likeness (QED) is 0.835. The molecular weight excluding hydrogens is 231 g/mol. The molecule has 0 bridgehead atoms. The molecule has 18 heavy (non-hydrogen) atoms. The molecule has 0 aromatic heterocycles. The number of rotatable bonds is 3. The van der Waals surface area contributed by atoms with E-state index in [1.54, 1.807) is 42.5 Å². The smallest absolute Gasteiger partial charge is 0.328 e. The number of benzene rings is 2. The Hall–Kier alpha value is -2.42. The number of hydrogen-bond donors (Lipinski definition) is 1.